The highest BCUT2D eigenvalue weighted by Gasteiger charge is 2.18. The average Bonchev–Trinajstić information content (AvgIpc) is 2.65. The molecule has 0 saturated carbocycles. The van der Waals surface area contributed by atoms with Crippen molar-refractivity contribution < 1.29 is 14.2 Å². The summed E-state index contributed by atoms with van der Waals surface area (Å²) in [4.78, 5) is 0.618. The van der Waals surface area contributed by atoms with E-state index in [1.165, 1.54) is 0 Å². The van der Waals surface area contributed by atoms with E-state index in [1.807, 2.05) is 66.7 Å². The molecule has 0 aliphatic rings. The van der Waals surface area contributed by atoms with Crippen LogP contribution in [0.5, 0.6) is 5.75 Å². The molecule has 24 heavy (non-hydrogen) atoms. The predicted octanol–water partition coefficient (Wildman–Crippen LogP) is 3.83. The summed E-state index contributed by atoms with van der Waals surface area (Å²) in [6, 6.07) is 20.7. The van der Waals surface area contributed by atoms with E-state index in [0.717, 1.165) is 16.3 Å². The molecule has 5 heteroatoms. The Morgan fingerprint density at radius 2 is 1.75 bits per heavy atom. The van der Waals surface area contributed by atoms with E-state index in [2.05, 4.69) is 5.16 Å². The number of benzene rings is 3. The normalized spacial score (nSPS) is 13.0. The zero-order chi connectivity index (χ0) is 16.9. The zero-order valence-electron chi connectivity index (χ0n) is 13.2. The van der Waals surface area contributed by atoms with Crippen LogP contribution in [0, 0.1) is 0 Å². The van der Waals surface area contributed by atoms with E-state index >= 15 is 0 Å². The molecule has 0 aliphatic carbocycles. The Morgan fingerprint density at radius 3 is 2.46 bits per heavy atom. The lowest BCUT2D eigenvalue weighted by molar-refractivity contribution is 0.319. The molecule has 4 nitrogen and oxygen atoms in total. The fourth-order valence-corrected chi connectivity index (χ4v) is 4.04. The number of rotatable bonds is 5. The number of nitrogens with zero attached hydrogens (tertiary/aromatic N) is 1. The number of methoxy groups -OCH3 is 1. The van der Waals surface area contributed by atoms with Gasteiger partial charge in [0.2, 0.25) is 0 Å². The van der Waals surface area contributed by atoms with Crippen LogP contribution in [0.25, 0.3) is 10.8 Å². The van der Waals surface area contributed by atoms with Gasteiger partial charge in [-0.15, -0.1) is 0 Å². The summed E-state index contributed by atoms with van der Waals surface area (Å²) in [7, 11) is 0.143. The third kappa shape index (κ3) is 3.16. The maximum absolute atomic E-state index is 13.0. The molecule has 1 N–H and O–H groups in total. The molecule has 0 aromatic heterocycles. The Hall–Kier alpha value is -2.66. The van der Waals surface area contributed by atoms with Crippen LogP contribution in [-0.2, 0) is 10.8 Å². The third-order valence-electron chi connectivity index (χ3n) is 3.79. The zero-order valence-corrected chi connectivity index (χ0v) is 14.0. The van der Waals surface area contributed by atoms with Crippen molar-refractivity contribution in [1.82, 2.24) is 0 Å². The number of fused-ring (bicyclic) bond motifs is 1. The fourth-order valence-electron chi connectivity index (χ4n) is 2.62. The number of hydrogen-bond donors (Lipinski definition) is 1. The molecule has 3 aromatic carbocycles. The highest BCUT2D eigenvalue weighted by atomic mass is 32.2. The highest BCUT2D eigenvalue weighted by molar-refractivity contribution is 7.86. The SMILES string of the molecule is COc1ccc2ccccc2c1S(=O)C/C(=N/O)c1ccccc1. The number of oxime groups is 1. The largest absolute Gasteiger partial charge is 0.495 e. The van der Waals surface area contributed by atoms with Crippen molar-refractivity contribution in [2.24, 2.45) is 5.16 Å². The third-order valence-corrected chi connectivity index (χ3v) is 5.20. The molecule has 0 fully saturated rings. The van der Waals surface area contributed by atoms with Crippen molar-refractivity contribution in [3.63, 3.8) is 0 Å². The molecule has 122 valence electrons. The summed E-state index contributed by atoms with van der Waals surface area (Å²) in [5.74, 6) is 0.669. The minimum atomic E-state index is -1.42. The minimum Gasteiger partial charge on any atom is -0.495 e. The van der Waals surface area contributed by atoms with Crippen LogP contribution in [0.2, 0.25) is 0 Å². The van der Waals surface area contributed by atoms with Gasteiger partial charge in [-0.25, -0.2) is 0 Å². The van der Waals surface area contributed by atoms with Gasteiger partial charge in [-0.3, -0.25) is 4.21 Å². The van der Waals surface area contributed by atoms with Crippen LogP contribution >= 0.6 is 0 Å². The standard InChI is InChI=1S/C19H17NO3S/c1-23-18-12-11-14-7-5-6-10-16(14)19(18)24(22)13-17(20-21)15-8-3-2-4-9-15/h2-12,21H,13H2,1H3/b20-17-. The lowest BCUT2D eigenvalue weighted by atomic mass is 10.1. The van der Waals surface area contributed by atoms with Crippen molar-refractivity contribution in [2.75, 3.05) is 12.9 Å². The lowest BCUT2D eigenvalue weighted by Gasteiger charge is -2.12. The van der Waals surface area contributed by atoms with E-state index in [9.17, 15) is 9.42 Å². The fraction of sp³-hybridized carbons (Fsp3) is 0.105. The van der Waals surface area contributed by atoms with Gasteiger partial charge in [0.05, 0.1) is 34.3 Å². The van der Waals surface area contributed by atoms with Gasteiger partial charge in [0.15, 0.2) is 0 Å². The topological polar surface area (TPSA) is 58.9 Å². The lowest BCUT2D eigenvalue weighted by Crippen LogP contribution is -2.13. The summed E-state index contributed by atoms with van der Waals surface area (Å²) >= 11 is 0. The molecule has 0 spiro atoms. The van der Waals surface area contributed by atoms with Gasteiger partial charge in [-0.05, 0) is 11.5 Å². The Kier molecular flexibility index (Phi) is 4.91. The first kappa shape index (κ1) is 16.2. The second kappa shape index (κ2) is 7.27. The molecular formula is C19H17NO3S. The van der Waals surface area contributed by atoms with Gasteiger partial charge in [0, 0.05) is 10.9 Å². The molecule has 1 atom stereocenters. The van der Waals surface area contributed by atoms with Gasteiger partial charge in [0.25, 0.3) is 0 Å². The Balaban J connectivity index is 2.02. The first-order valence-electron chi connectivity index (χ1n) is 7.45. The van der Waals surface area contributed by atoms with Crippen molar-refractivity contribution in [1.29, 1.82) is 0 Å². The smallest absolute Gasteiger partial charge is 0.135 e. The number of hydrogen-bond acceptors (Lipinski definition) is 4. The quantitative estimate of drug-likeness (QED) is 0.436. The van der Waals surface area contributed by atoms with Crippen molar-refractivity contribution in [2.45, 2.75) is 4.90 Å². The van der Waals surface area contributed by atoms with Crippen molar-refractivity contribution in [3.05, 3.63) is 72.3 Å². The van der Waals surface area contributed by atoms with Gasteiger partial charge in [0.1, 0.15) is 5.75 Å². The van der Waals surface area contributed by atoms with E-state index in [0.29, 0.717) is 16.4 Å². The molecule has 1 unspecified atom stereocenters. The first-order valence-corrected chi connectivity index (χ1v) is 8.77. The van der Waals surface area contributed by atoms with Crippen LogP contribution in [0.3, 0.4) is 0 Å². The Bertz CT molecular complexity index is 907. The summed E-state index contributed by atoms with van der Waals surface area (Å²) in [5, 5.41) is 14.5. The van der Waals surface area contributed by atoms with Gasteiger partial charge in [-0.1, -0.05) is 65.8 Å². The molecule has 3 aromatic rings. The summed E-state index contributed by atoms with van der Waals surface area (Å²) < 4.78 is 18.4. The van der Waals surface area contributed by atoms with Crippen LogP contribution in [-0.4, -0.2) is 28.0 Å². The molecule has 0 bridgehead atoms. The van der Waals surface area contributed by atoms with E-state index in [1.54, 1.807) is 7.11 Å². The minimum absolute atomic E-state index is 0.102. The molecule has 0 aliphatic heterocycles. The second-order valence-corrected chi connectivity index (χ2v) is 6.61. The van der Waals surface area contributed by atoms with Gasteiger partial charge in [-0.2, -0.15) is 0 Å². The molecule has 0 saturated heterocycles. The van der Waals surface area contributed by atoms with Crippen LogP contribution in [0.15, 0.2) is 76.8 Å². The maximum Gasteiger partial charge on any atom is 0.135 e. The van der Waals surface area contributed by atoms with Crippen LogP contribution in [0.4, 0.5) is 0 Å². The monoisotopic (exact) mass is 339 g/mol. The molecule has 0 radical (unpaired) electrons. The van der Waals surface area contributed by atoms with E-state index in [4.69, 9.17) is 4.74 Å². The number of ether oxygens (including phenoxy) is 1. The van der Waals surface area contributed by atoms with Crippen molar-refractivity contribution >= 4 is 27.3 Å². The summed E-state index contributed by atoms with van der Waals surface area (Å²) in [6.45, 7) is 0. The summed E-state index contributed by atoms with van der Waals surface area (Å²) in [6.07, 6.45) is 0. The Labute approximate surface area is 142 Å². The molecular weight excluding hydrogens is 322 g/mol. The van der Waals surface area contributed by atoms with Crippen molar-refractivity contribution in [3.8, 4) is 5.75 Å². The highest BCUT2D eigenvalue weighted by Crippen LogP contribution is 2.31. The second-order valence-electron chi connectivity index (χ2n) is 5.22. The van der Waals surface area contributed by atoms with E-state index in [-0.39, 0.29) is 5.75 Å². The molecule has 0 amide bonds. The average molecular weight is 339 g/mol. The van der Waals surface area contributed by atoms with E-state index < -0.39 is 10.8 Å². The first-order chi connectivity index (χ1) is 11.7. The Morgan fingerprint density at radius 1 is 1.04 bits per heavy atom. The maximum atomic E-state index is 13.0. The molecule has 3 rings (SSSR count). The van der Waals surface area contributed by atoms with Gasteiger partial charge >= 0.3 is 0 Å². The van der Waals surface area contributed by atoms with Crippen LogP contribution < -0.4 is 4.74 Å². The predicted molar refractivity (Wildman–Crippen MR) is 96.5 cm³/mol. The van der Waals surface area contributed by atoms with Gasteiger partial charge < -0.3 is 9.94 Å². The van der Waals surface area contributed by atoms with Crippen LogP contribution in [0.1, 0.15) is 5.56 Å². The summed E-state index contributed by atoms with van der Waals surface area (Å²) in [5.41, 5.74) is 1.12. The molecule has 0 heterocycles.